The summed E-state index contributed by atoms with van der Waals surface area (Å²) in [6, 6.07) is 0.295. The Morgan fingerprint density at radius 3 is 2.65 bits per heavy atom. The maximum absolute atomic E-state index is 5.19. The standard InChI is InChI=1S/C13H25N3O/c1-10-7-16(11(2)8-17-6)12(15-10)14-9-13(3,4)5/h7,11H,8-9H2,1-6H3,(H,14,15). The number of nitrogens with one attached hydrogen (secondary N) is 1. The first-order chi connectivity index (χ1) is 7.83. The highest BCUT2D eigenvalue weighted by atomic mass is 16.5. The minimum absolute atomic E-state index is 0.245. The predicted octanol–water partition coefficient (Wildman–Crippen LogP) is 2.86. The number of methoxy groups -OCH3 is 1. The molecule has 1 atom stereocenters. The van der Waals surface area contributed by atoms with Gasteiger partial charge in [0.15, 0.2) is 0 Å². The van der Waals surface area contributed by atoms with Gasteiger partial charge in [-0.2, -0.15) is 0 Å². The van der Waals surface area contributed by atoms with Crippen LogP contribution in [-0.2, 0) is 4.74 Å². The van der Waals surface area contributed by atoms with Crippen LogP contribution in [0.25, 0.3) is 0 Å². The van der Waals surface area contributed by atoms with Gasteiger partial charge in [0, 0.05) is 19.9 Å². The van der Waals surface area contributed by atoms with Crippen molar-refractivity contribution >= 4 is 5.95 Å². The first kappa shape index (κ1) is 14.0. The lowest BCUT2D eigenvalue weighted by Crippen LogP contribution is -2.22. The van der Waals surface area contributed by atoms with E-state index in [9.17, 15) is 0 Å². The van der Waals surface area contributed by atoms with Crippen LogP contribution in [0.3, 0.4) is 0 Å². The molecule has 4 nitrogen and oxygen atoms in total. The highest BCUT2D eigenvalue weighted by Crippen LogP contribution is 2.19. The van der Waals surface area contributed by atoms with E-state index >= 15 is 0 Å². The van der Waals surface area contributed by atoms with Crippen LogP contribution in [0.5, 0.6) is 0 Å². The number of hydrogen-bond acceptors (Lipinski definition) is 3. The quantitative estimate of drug-likeness (QED) is 0.858. The van der Waals surface area contributed by atoms with Crippen LogP contribution in [0.2, 0.25) is 0 Å². The third kappa shape index (κ3) is 4.38. The van der Waals surface area contributed by atoms with Crippen molar-refractivity contribution in [3.8, 4) is 0 Å². The van der Waals surface area contributed by atoms with Gasteiger partial charge in [-0.25, -0.2) is 4.98 Å². The summed E-state index contributed by atoms with van der Waals surface area (Å²) in [5.41, 5.74) is 1.28. The molecule has 1 heterocycles. The fraction of sp³-hybridized carbons (Fsp3) is 0.769. The lowest BCUT2D eigenvalue weighted by Gasteiger charge is -2.21. The lowest BCUT2D eigenvalue weighted by molar-refractivity contribution is 0.163. The summed E-state index contributed by atoms with van der Waals surface area (Å²) in [6.07, 6.45) is 2.06. The molecular formula is C13H25N3O. The molecular weight excluding hydrogens is 214 g/mol. The molecule has 4 heteroatoms. The molecule has 0 saturated carbocycles. The smallest absolute Gasteiger partial charge is 0.203 e. The topological polar surface area (TPSA) is 39.1 Å². The van der Waals surface area contributed by atoms with Gasteiger partial charge in [-0.05, 0) is 19.3 Å². The summed E-state index contributed by atoms with van der Waals surface area (Å²) in [5.74, 6) is 0.932. The molecule has 1 N–H and O–H groups in total. The zero-order valence-corrected chi connectivity index (χ0v) is 11.9. The molecule has 1 rings (SSSR count). The number of rotatable bonds is 5. The van der Waals surface area contributed by atoms with Gasteiger partial charge >= 0.3 is 0 Å². The number of anilines is 1. The van der Waals surface area contributed by atoms with Crippen molar-refractivity contribution in [2.45, 2.75) is 40.7 Å². The van der Waals surface area contributed by atoms with Crippen LogP contribution < -0.4 is 5.32 Å². The van der Waals surface area contributed by atoms with E-state index < -0.39 is 0 Å². The van der Waals surface area contributed by atoms with E-state index in [0.29, 0.717) is 12.6 Å². The molecule has 17 heavy (non-hydrogen) atoms. The van der Waals surface area contributed by atoms with Crippen LogP contribution in [0.4, 0.5) is 5.95 Å². The normalized spacial score (nSPS) is 13.8. The van der Waals surface area contributed by atoms with Gasteiger partial charge in [-0.15, -0.1) is 0 Å². The largest absolute Gasteiger partial charge is 0.383 e. The third-order valence-electron chi connectivity index (χ3n) is 2.51. The first-order valence-electron chi connectivity index (χ1n) is 6.12. The van der Waals surface area contributed by atoms with Gasteiger partial charge in [0.05, 0.1) is 18.3 Å². The molecule has 0 aliphatic carbocycles. The molecule has 98 valence electrons. The molecule has 1 aromatic heterocycles. The fourth-order valence-corrected chi connectivity index (χ4v) is 1.65. The van der Waals surface area contributed by atoms with Gasteiger partial charge in [0.1, 0.15) is 0 Å². The van der Waals surface area contributed by atoms with Crippen molar-refractivity contribution in [2.24, 2.45) is 5.41 Å². The number of imidazole rings is 1. The Morgan fingerprint density at radius 1 is 1.47 bits per heavy atom. The second-order valence-electron chi connectivity index (χ2n) is 5.83. The average Bonchev–Trinajstić information content (AvgIpc) is 2.56. The summed E-state index contributed by atoms with van der Waals surface area (Å²) in [7, 11) is 1.72. The Hall–Kier alpha value is -1.03. The second-order valence-corrected chi connectivity index (χ2v) is 5.83. The van der Waals surface area contributed by atoms with Crippen LogP contribution in [0.15, 0.2) is 6.20 Å². The molecule has 0 aromatic carbocycles. The van der Waals surface area contributed by atoms with E-state index in [4.69, 9.17) is 4.74 Å². The molecule has 0 saturated heterocycles. The Bertz CT molecular complexity index is 352. The number of aromatic nitrogens is 2. The van der Waals surface area contributed by atoms with E-state index in [1.54, 1.807) is 7.11 Å². The predicted molar refractivity (Wildman–Crippen MR) is 71.5 cm³/mol. The molecule has 0 radical (unpaired) electrons. The molecule has 0 aliphatic heterocycles. The SMILES string of the molecule is COCC(C)n1cc(C)nc1NCC(C)(C)C. The molecule has 0 amide bonds. The summed E-state index contributed by atoms with van der Waals surface area (Å²) in [6.45, 7) is 12.4. The Kier molecular flexibility index (Phi) is 4.57. The highest BCUT2D eigenvalue weighted by Gasteiger charge is 2.15. The van der Waals surface area contributed by atoms with Gasteiger partial charge < -0.3 is 14.6 Å². The van der Waals surface area contributed by atoms with E-state index in [-0.39, 0.29) is 5.41 Å². The molecule has 0 bridgehead atoms. The van der Waals surface area contributed by atoms with Crippen molar-refractivity contribution < 1.29 is 4.74 Å². The highest BCUT2D eigenvalue weighted by molar-refractivity contribution is 5.29. The minimum Gasteiger partial charge on any atom is -0.383 e. The molecule has 0 spiro atoms. The summed E-state index contributed by atoms with van der Waals surface area (Å²) < 4.78 is 7.33. The lowest BCUT2D eigenvalue weighted by atomic mass is 9.97. The van der Waals surface area contributed by atoms with Crippen LogP contribution >= 0.6 is 0 Å². The number of hydrogen-bond donors (Lipinski definition) is 1. The fourth-order valence-electron chi connectivity index (χ4n) is 1.65. The Balaban J connectivity index is 2.77. The van der Waals surface area contributed by atoms with E-state index in [0.717, 1.165) is 18.2 Å². The number of aryl methyl sites for hydroxylation is 1. The monoisotopic (exact) mass is 239 g/mol. The Morgan fingerprint density at radius 2 is 2.12 bits per heavy atom. The zero-order chi connectivity index (χ0) is 13.1. The van der Waals surface area contributed by atoms with Gasteiger partial charge in [-0.1, -0.05) is 20.8 Å². The van der Waals surface area contributed by atoms with Gasteiger partial charge in [-0.3, -0.25) is 0 Å². The van der Waals surface area contributed by atoms with Gasteiger partial charge in [0.25, 0.3) is 0 Å². The van der Waals surface area contributed by atoms with E-state index in [1.165, 1.54) is 0 Å². The minimum atomic E-state index is 0.245. The van der Waals surface area contributed by atoms with Crippen LogP contribution in [0, 0.1) is 12.3 Å². The van der Waals surface area contributed by atoms with Crippen molar-refractivity contribution in [3.63, 3.8) is 0 Å². The van der Waals surface area contributed by atoms with Crippen molar-refractivity contribution in [1.29, 1.82) is 0 Å². The van der Waals surface area contributed by atoms with E-state index in [2.05, 4.69) is 48.8 Å². The first-order valence-corrected chi connectivity index (χ1v) is 6.12. The molecule has 0 fully saturated rings. The van der Waals surface area contributed by atoms with Crippen molar-refractivity contribution in [1.82, 2.24) is 9.55 Å². The number of ether oxygens (including phenoxy) is 1. The zero-order valence-electron chi connectivity index (χ0n) is 11.9. The maximum Gasteiger partial charge on any atom is 0.203 e. The second kappa shape index (κ2) is 5.54. The number of nitrogens with zero attached hydrogens (tertiary/aromatic N) is 2. The van der Waals surface area contributed by atoms with E-state index in [1.807, 2.05) is 6.92 Å². The molecule has 0 aliphatic rings. The van der Waals surface area contributed by atoms with Crippen molar-refractivity contribution in [3.05, 3.63) is 11.9 Å². The average molecular weight is 239 g/mol. The van der Waals surface area contributed by atoms with Gasteiger partial charge in [0.2, 0.25) is 5.95 Å². The summed E-state index contributed by atoms with van der Waals surface area (Å²) >= 11 is 0. The van der Waals surface area contributed by atoms with Crippen molar-refractivity contribution in [2.75, 3.05) is 25.6 Å². The Labute approximate surface area is 104 Å². The molecule has 1 unspecified atom stereocenters. The van der Waals surface area contributed by atoms with Crippen LogP contribution in [0.1, 0.15) is 39.4 Å². The van der Waals surface area contributed by atoms with Crippen LogP contribution in [-0.4, -0.2) is 29.8 Å². The maximum atomic E-state index is 5.19. The summed E-state index contributed by atoms with van der Waals surface area (Å²) in [5, 5.41) is 3.41. The molecule has 1 aromatic rings. The summed E-state index contributed by atoms with van der Waals surface area (Å²) in [4.78, 5) is 4.51. The third-order valence-corrected chi connectivity index (χ3v) is 2.51.